The Hall–Kier alpha value is -2.33. The highest BCUT2D eigenvalue weighted by atomic mass is 16.5. The Kier molecular flexibility index (Phi) is 8.16. The number of unbranched alkanes of at least 4 members (excludes halogenated alkanes) is 1. The maximum atomic E-state index is 12.1. The SMILES string of the molecule is Cc1cccc(OCCCCC(=O)NC(CO)Cc2ccccc2C)c1. The van der Waals surface area contributed by atoms with Crippen LogP contribution in [0.1, 0.15) is 36.0 Å². The van der Waals surface area contributed by atoms with Gasteiger partial charge in [-0.1, -0.05) is 36.4 Å². The molecule has 2 aromatic rings. The van der Waals surface area contributed by atoms with E-state index in [0.29, 0.717) is 19.4 Å². The van der Waals surface area contributed by atoms with Crippen molar-refractivity contribution in [3.05, 3.63) is 65.2 Å². The van der Waals surface area contributed by atoms with Gasteiger partial charge in [0, 0.05) is 6.42 Å². The third-order valence-electron chi connectivity index (χ3n) is 4.37. The van der Waals surface area contributed by atoms with Crippen molar-refractivity contribution >= 4 is 5.91 Å². The highest BCUT2D eigenvalue weighted by molar-refractivity contribution is 5.76. The zero-order valence-electron chi connectivity index (χ0n) is 15.7. The van der Waals surface area contributed by atoms with E-state index < -0.39 is 0 Å². The molecule has 1 unspecified atom stereocenters. The molecule has 0 saturated heterocycles. The van der Waals surface area contributed by atoms with Crippen molar-refractivity contribution < 1.29 is 14.6 Å². The lowest BCUT2D eigenvalue weighted by atomic mass is 10.0. The summed E-state index contributed by atoms with van der Waals surface area (Å²) in [4.78, 5) is 12.1. The van der Waals surface area contributed by atoms with Gasteiger partial charge in [0.15, 0.2) is 0 Å². The summed E-state index contributed by atoms with van der Waals surface area (Å²) in [7, 11) is 0. The molecule has 0 fully saturated rings. The molecule has 0 saturated carbocycles. The van der Waals surface area contributed by atoms with Gasteiger partial charge in [-0.3, -0.25) is 4.79 Å². The molecule has 2 N–H and O–H groups in total. The molecule has 0 aliphatic heterocycles. The molecule has 26 heavy (non-hydrogen) atoms. The maximum Gasteiger partial charge on any atom is 0.220 e. The first-order chi connectivity index (χ1) is 12.6. The number of hydrogen-bond acceptors (Lipinski definition) is 3. The summed E-state index contributed by atoms with van der Waals surface area (Å²) in [6.45, 7) is 4.62. The van der Waals surface area contributed by atoms with Crippen LogP contribution in [0.5, 0.6) is 5.75 Å². The van der Waals surface area contributed by atoms with Crippen LogP contribution >= 0.6 is 0 Å². The minimum absolute atomic E-state index is 0.0202. The van der Waals surface area contributed by atoms with Gasteiger partial charge in [-0.15, -0.1) is 0 Å². The van der Waals surface area contributed by atoms with Gasteiger partial charge in [0.05, 0.1) is 19.3 Å². The summed E-state index contributed by atoms with van der Waals surface area (Å²) >= 11 is 0. The summed E-state index contributed by atoms with van der Waals surface area (Å²) in [5.74, 6) is 0.848. The Morgan fingerprint density at radius 3 is 2.65 bits per heavy atom. The van der Waals surface area contributed by atoms with Crippen molar-refractivity contribution in [2.75, 3.05) is 13.2 Å². The quantitative estimate of drug-likeness (QED) is 0.641. The van der Waals surface area contributed by atoms with E-state index in [0.717, 1.165) is 24.2 Å². The smallest absolute Gasteiger partial charge is 0.220 e. The molecule has 0 aliphatic carbocycles. The average Bonchev–Trinajstić information content (AvgIpc) is 2.62. The first-order valence-corrected chi connectivity index (χ1v) is 9.22. The number of aliphatic hydroxyl groups is 1. The van der Waals surface area contributed by atoms with E-state index >= 15 is 0 Å². The van der Waals surface area contributed by atoms with E-state index in [9.17, 15) is 9.90 Å². The van der Waals surface area contributed by atoms with Crippen LogP contribution in [0.25, 0.3) is 0 Å². The molecule has 0 aliphatic rings. The van der Waals surface area contributed by atoms with Gasteiger partial charge in [-0.25, -0.2) is 0 Å². The number of amides is 1. The van der Waals surface area contributed by atoms with Crippen molar-refractivity contribution in [1.29, 1.82) is 0 Å². The molecule has 0 aromatic heterocycles. The molecular weight excluding hydrogens is 326 g/mol. The molecule has 0 radical (unpaired) electrons. The lowest BCUT2D eigenvalue weighted by Crippen LogP contribution is -2.39. The molecule has 0 bridgehead atoms. The fourth-order valence-corrected chi connectivity index (χ4v) is 2.85. The number of aryl methyl sites for hydroxylation is 2. The van der Waals surface area contributed by atoms with Gasteiger partial charge < -0.3 is 15.2 Å². The second-order valence-corrected chi connectivity index (χ2v) is 6.70. The fraction of sp³-hybridized carbons (Fsp3) is 0.409. The Bertz CT molecular complexity index is 699. The molecule has 2 aromatic carbocycles. The largest absolute Gasteiger partial charge is 0.494 e. The Labute approximate surface area is 156 Å². The van der Waals surface area contributed by atoms with Gasteiger partial charge >= 0.3 is 0 Å². The normalized spacial score (nSPS) is 11.8. The Balaban J connectivity index is 1.66. The highest BCUT2D eigenvalue weighted by Crippen LogP contribution is 2.13. The van der Waals surface area contributed by atoms with Gasteiger partial charge in [0.1, 0.15) is 5.75 Å². The molecule has 2 rings (SSSR count). The molecule has 0 spiro atoms. The first kappa shape index (κ1) is 20.0. The molecular formula is C22H29NO3. The van der Waals surface area contributed by atoms with Crippen molar-refractivity contribution in [1.82, 2.24) is 5.32 Å². The first-order valence-electron chi connectivity index (χ1n) is 9.22. The van der Waals surface area contributed by atoms with Crippen LogP contribution in [0.2, 0.25) is 0 Å². The van der Waals surface area contributed by atoms with Crippen molar-refractivity contribution in [3.8, 4) is 5.75 Å². The number of aliphatic hydroxyl groups excluding tert-OH is 1. The standard InChI is InChI=1S/C22H29NO3/c1-17-8-7-11-21(14-17)26-13-6-5-12-22(25)23-20(16-24)15-19-10-4-3-9-18(19)2/h3-4,7-11,14,20,24H,5-6,12-13,15-16H2,1-2H3,(H,23,25). The monoisotopic (exact) mass is 355 g/mol. The van der Waals surface area contributed by atoms with Crippen molar-refractivity contribution in [2.45, 2.75) is 45.6 Å². The summed E-state index contributed by atoms with van der Waals surface area (Å²) in [6, 6.07) is 15.8. The second kappa shape index (κ2) is 10.6. The zero-order valence-corrected chi connectivity index (χ0v) is 15.7. The molecule has 4 heteroatoms. The summed E-state index contributed by atoms with van der Waals surface area (Å²) in [5.41, 5.74) is 3.50. The van der Waals surface area contributed by atoms with Crippen molar-refractivity contribution in [2.24, 2.45) is 0 Å². The predicted octanol–water partition coefficient (Wildman–Crippen LogP) is 3.57. The minimum Gasteiger partial charge on any atom is -0.494 e. The van der Waals surface area contributed by atoms with Crippen LogP contribution in [0, 0.1) is 13.8 Å². The molecule has 1 atom stereocenters. The van der Waals surface area contributed by atoms with E-state index in [1.165, 1.54) is 11.1 Å². The van der Waals surface area contributed by atoms with Gasteiger partial charge in [-0.2, -0.15) is 0 Å². The van der Waals surface area contributed by atoms with Gasteiger partial charge in [0.2, 0.25) is 5.91 Å². The van der Waals surface area contributed by atoms with Crippen LogP contribution < -0.4 is 10.1 Å². The lowest BCUT2D eigenvalue weighted by molar-refractivity contribution is -0.122. The van der Waals surface area contributed by atoms with E-state index in [2.05, 4.69) is 5.32 Å². The van der Waals surface area contributed by atoms with Crippen molar-refractivity contribution in [3.63, 3.8) is 0 Å². The van der Waals surface area contributed by atoms with E-state index in [-0.39, 0.29) is 18.6 Å². The van der Waals surface area contributed by atoms with Crippen LogP contribution in [-0.4, -0.2) is 30.3 Å². The van der Waals surface area contributed by atoms with E-state index in [4.69, 9.17) is 4.74 Å². The van der Waals surface area contributed by atoms with Gasteiger partial charge in [0.25, 0.3) is 0 Å². The number of carbonyl (C=O) groups excluding carboxylic acids is 1. The maximum absolute atomic E-state index is 12.1. The third kappa shape index (κ3) is 6.89. The topological polar surface area (TPSA) is 58.6 Å². The minimum atomic E-state index is -0.243. The van der Waals surface area contributed by atoms with Gasteiger partial charge in [-0.05, 0) is 61.9 Å². The zero-order chi connectivity index (χ0) is 18.8. The summed E-state index contributed by atoms with van der Waals surface area (Å²) in [6.07, 6.45) is 2.68. The fourth-order valence-electron chi connectivity index (χ4n) is 2.85. The predicted molar refractivity (Wildman–Crippen MR) is 104 cm³/mol. The number of hydrogen-bond donors (Lipinski definition) is 2. The van der Waals surface area contributed by atoms with Crippen LogP contribution in [-0.2, 0) is 11.2 Å². The Morgan fingerprint density at radius 2 is 1.92 bits per heavy atom. The van der Waals surface area contributed by atoms with E-state index in [1.54, 1.807) is 0 Å². The lowest BCUT2D eigenvalue weighted by Gasteiger charge is -2.17. The number of nitrogens with one attached hydrogen (secondary N) is 1. The number of carbonyl (C=O) groups is 1. The number of benzene rings is 2. The summed E-state index contributed by atoms with van der Waals surface area (Å²) < 4.78 is 5.69. The molecule has 0 heterocycles. The van der Waals surface area contributed by atoms with Crippen LogP contribution in [0.15, 0.2) is 48.5 Å². The molecule has 140 valence electrons. The third-order valence-corrected chi connectivity index (χ3v) is 4.37. The number of ether oxygens (including phenoxy) is 1. The molecule has 1 amide bonds. The number of rotatable bonds is 10. The summed E-state index contributed by atoms with van der Waals surface area (Å²) in [5, 5.41) is 12.5. The highest BCUT2D eigenvalue weighted by Gasteiger charge is 2.13. The Morgan fingerprint density at radius 1 is 1.12 bits per heavy atom. The van der Waals surface area contributed by atoms with E-state index in [1.807, 2.05) is 62.4 Å². The van der Waals surface area contributed by atoms with Crippen LogP contribution in [0.3, 0.4) is 0 Å². The van der Waals surface area contributed by atoms with Crippen LogP contribution in [0.4, 0.5) is 0 Å². The molecule has 4 nitrogen and oxygen atoms in total. The average molecular weight is 355 g/mol. The second-order valence-electron chi connectivity index (χ2n) is 6.70.